The van der Waals surface area contributed by atoms with Gasteiger partial charge < -0.3 is 10.2 Å². The van der Waals surface area contributed by atoms with Gasteiger partial charge in [-0.05, 0) is 37.6 Å². The molecule has 0 aliphatic carbocycles. The minimum Gasteiger partial charge on any atom is -0.366 e. The van der Waals surface area contributed by atoms with Crippen molar-refractivity contribution in [3.8, 4) is 11.3 Å². The summed E-state index contributed by atoms with van der Waals surface area (Å²) in [4.78, 5) is 11.4. The molecule has 19 heavy (non-hydrogen) atoms. The Morgan fingerprint density at radius 2 is 2.26 bits per heavy atom. The molecule has 1 fully saturated rings. The lowest BCUT2D eigenvalue weighted by Crippen LogP contribution is -2.32. The number of fused-ring (bicyclic) bond motifs is 4. The molecule has 4 heterocycles. The molecular formula is C15H16N4. The molecule has 2 bridgehead atoms. The van der Waals surface area contributed by atoms with E-state index in [1.807, 2.05) is 19.2 Å². The zero-order chi connectivity index (χ0) is 12.8. The summed E-state index contributed by atoms with van der Waals surface area (Å²) >= 11 is 0. The lowest BCUT2D eigenvalue weighted by molar-refractivity contribution is 0.788. The predicted octanol–water partition coefficient (Wildman–Crippen LogP) is 2.46. The van der Waals surface area contributed by atoms with Crippen LogP contribution in [0, 0.1) is 6.92 Å². The van der Waals surface area contributed by atoms with Gasteiger partial charge in [-0.1, -0.05) is 0 Å². The van der Waals surface area contributed by atoms with E-state index in [2.05, 4.69) is 33.4 Å². The van der Waals surface area contributed by atoms with Crippen LogP contribution in [0.15, 0.2) is 30.5 Å². The van der Waals surface area contributed by atoms with Gasteiger partial charge in [-0.3, -0.25) is 4.98 Å². The van der Waals surface area contributed by atoms with Crippen molar-refractivity contribution >= 4 is 11.5 Å². The van der Waals surface area contributed by atoms with Gasteiger partial charge in [-0.25, -0.2) is 4.98 Å². The number of nitrogens with zero attached hydrogens (tertiary/aromatic N) is 3. The molecular weight excluding hydrogens is 236 g/mol. The van der Waals surface area contributed by atoms with Gasteiger partial charge in [-0.2, -0.15) is 0 Å². The molecule has 1 N–H and O–H groups in total. The monoisotopic (exact) mass is 252 g/mol. The molecule has 2 aliphatic heterocycles. The van der Waals surface area contributed by atoms with Crippen molar-refractivity contribution in [3.05, 3.63) is 36.2 Å². The fourth-order valence-electron chi connectivity index (χ4n) is 2.97. The largest absolute Gasteiger partial charge is 0.366 e. The summed E-state index contributed by atoms with van der Waals surface area (Å²) < 4.78 is 0. The summed E-state index contributed by atoms with van der Waals surface area (Å²) in [6.45, 7) is 4.26. The van der Waals surface area contributed by atoms with Crippen LogP contribution in [0.1, 0.15) is 12.1 Å². The van der Waals surface area contributed by atoms with Gasteiger partial charge in [-0.15, -0.1) is 0 Å². The van der Waals surface area contributed by atoms with Crippen LogP contribution in [0.2, 0.25) is 0 Å². The quantitative estimate of drug-likeness (QED) is 0.846. The molecule has 0 saturated carbocycles. The number of aryl methyl sites for hydroxylation is 1. The van der Waals surface area contributed by atoms with Crippen LogP contribution in [0.4, 0.5) is 11.5 Å². The van der Waals surface area contributed by atoms with Crippen LogP contribution < -0.4 is 10.2 Å². The summed E-state index contributed by atoms with van der Waals surface area (Å²) in [5.41, 5.74) is 4.40. The highest BCUT2D eigenvalue weighted by molar-refractivity contribution is 5.74. The van der Waals surface area contributed by atoms with Gasteiger partial charge in [0.05, 0.1) is 11.4 Å². The Morgan fingerprint density at radius 1 is 1.32 bits per heavy atom. The zero-order valence-electron chi connectivity index (χ0n) is 10.9. The van der Waals surface area contributed by atoms with E-state index in [0.29, 0.717) is 6.04 Å². The third kappa shape index (κ3) is 1.75. The molecule has 1 saturated heterocycles. The SMILES string of the molecule is Cc1cc(-c2ccc3c(n2)N[C@@H]2CCN3C2)ccn1. The van der Waals surface area contributed by atoms with E-state index >= 15 is 0 Å². The molecule has 0 radical (unpaired) electrons. The molecule has 96 valence electrons. The van der Waals surface area contributed by atoms with Crippen LogP contribution in [-0.2, 0) is 0 Å². The van der Waals surface area contributed by atoms with Gasteiger partial charge in [0.2, 0.25) is 0 Å². The Kier molecular flexibility index (Phi) is 2.24. The van der Waals surface area contributed by atoms with Crippen molar-refractivity contribution in [1.82, 2.24) is 9.97 Å². The normalized spacial score (nSPS) is 20.1. The van der Waals surface area contributed by atoms with Crippen LogP contribution in [0.25, 0.3) is 11.3 Å². The molecule has 2 aromatic heterocycles. The third-order valence-electron chi connectivity index (χ3n) is 3.94. The first kappa shape index (κ1) is 10.8. The molecule has 4 rings (SSSR count). The maximum Gasteiger partial charge on any atom is 0.150 e. The molecule has 0 amide bonds. The minimum atomic E-state index is 0.564. The second-order valence-corrected chi connectivity index (χ2v) is 5.33. The lowest BCUT2D eigenvalue weighted by Gasteiger charge is -2.28. The number of aromatic nitrogens is 2. The number of nitrogens with one attached hydrogen (secondary N) is 1. The Hall–Kier alpha value is -2.10. The molecule has 1 atom stereocenters. The van der Waals surface area contributed by atoms with Crippen LogP contribution in [0.5, 0.6) is 0 Å². The topological polar surface area (TPSA) is 41.1 Å². The third-order valence-corrected chi connectivity index (χ3v) is 3.94. The van der Waals surface area contributed by atoms with E-state index < -0.39 is 0 Å². The van der Waals surface area contributed by atoms with Gasteiger partial charge in [0.15, 0.2) is 5.82 Å². The number of hydrogen-bond donors (Lipinski definition) is 1. The Balaban J connectivity index is 1.78. The van der Waals surface area contributed by atoms with Crippen molar-refractivity contribution in [1.29, 1.82) is 0 Å². The summed E-state index contributed by atoms with van der Waals surface area (Å²) in [6, 6.07) is 8.94. The van der Waals surface area contributed by atoms with E-state index in [9.17, 15) is 0 Å². The highest BCUT2D eigenvalue weighted by Crippen LogP contribution is 2.35. The zero-order valence-corrected chi connectivity index (χ0v) is 10.9. The Morgan fingerprint density at radius 3 is 3.16 bits per heavy atom. The number of rotatable bonds is 1. The molecule has 2 aliphatic rings. The van der Waals surface area contributed by atoms with Gasteiger partial charge in [0.1, 0.15) is 0 Å². The van der Waals surface area contributed by atoms with E-state index in [-0.39, 0.29) is 0 Å². The molecule has 4 nitrogen and oxygen atoms in total. The summed E-state index contributed by atoms with van der Waals surface area (Å²) in [5.74, 6) is 1.03. The van der Waals surface area contributed by atoms with E-state index in [1.165, 1.54) is 12.1 Å². The lowest BCUT2D eigenvalue weighted by atomic mass is 10.1. The second-order valence-electron chi connectivity index (χ2n) is 5.33. The number of hydrogen-bond acceptors (Lipinski definition) is 4. The van der Waals surface area contributed by atoms with E-state index in [0.717, 1.165) is 35.9 Å². The number of pyridine rings is 2. The smallest absolute Gasteiger partial charge is 0.150 e. The van der Waals surface area contributed by atoms with Gasteiger partial charge >= 0.3 is 0 Å². The van der Waals surface area contributed by atoms with Crippen LogP contribution >= 0.6 is 0 Å². The van der Waals surface area contributed by atoms with Crippen molar-refractivity contribution in [3.63, 3.8) is 0 Å². The molecule has 0 spiro atoms. The number of anilines is 2. The average molecular weight is 252 g/mol. The minimum absolute atomic E-state index is 0.564. The predicted molar refractivity (Wildman–Crippen MR) is 76.4 cm³/mol. The highest BCUT2D eigenvalue weighted by Gasteiger charge is 2.30. The summed E-state index contributed by atoms with van der Waals surface area (Å²) in [6.07, 6.45) is 3.05. The first-order valence-corrected chi connectivity index (χ1v) is 6.75. The molecule has 0 aromatic carbocycles. The van der Waals surface area contributed by atoms with Crippen LogP contribution in [-0.4, -0.2) is 29.1 Å². The first-order chi connectivity index (χ1) is 9.29. The Labute approximate surface area is 112 Å². The van der Waals surface area contributed by atoms with Crippen molar-refractivity contribution < 1.29 is 0 Å². The van der Waals surface area contributed by atoms with Crippen molar-refractivity contribution in [2.24, 2.45) is 0 Å². The molecule has 2 aromatic rings. The van der Waals surface area contributed by atoms with Crippen LogP contribution in [0.3, 0.4) is 0 Å². The average Bonchev–Trinajstić information content (AvgIpc) is 2.81. The van der Waals surface area contributed by atoms with Gasteiger partial charge in [0.25, 0.3) is 0 Å². The molecule has 0 unspecified atom stereocenters. The highest BCUT2D eigenvalue weighted by atomic mass is 15.3. The van der Waals surface area contributed by atoms with E-state index in [1.54, 1.807) is 0 Å². The maximum absolute atomic E-state index is 4.78. The van der Waals surface area contributed by atoms with Crippen molar-refractivity contribution in [2.75, 3.05) is 23.3 Å². The second kappa shape index (κ2) is 3.95. The first-order valence-electron chi connectivity index (χ1n) is 6.75. The molecule has 4 heteroatoms. The fourth-order valence-corrected chi connectivity index (χ4v) is 2.97. The van der Waals surface area contributed by atoms with Crippen molar-refractivity contribution in [2.45, 2.75) is 19.4 Å². The van der Waals surface area contributed by atoms with Gasteiger partial charge in [0, 0.05) is 36.6 Å². The Bertz CT molecular complexity index is 638. The maximum atomic E-state index is 4.78. The summed E-state index contributed by atoms with van der Waals surface area (Å²) in [7, 11) is 0. The fraction of sp³-hybridized carbons (Fsp3) is 0.333. The standard InChI is InChI=1S/C15H16N4/c1-10-8-11(4-6-16-10)13-2-3-14-15(18-13)17-12-5-7-19(14)9-12/h2-4,6,8,12H,5,7,9H2,1H3,(H,17,18)/t12-/m1/s1. The van der Waals surface area contributed by atoms with E-state index in [4.69, 9.17) is 4.98 Å². The summed E-state index contributed by atoms with van der Waals surface area (Å²) in [5, 5.41) is 3.54.